The van der Waals surface area contributed by atoms with Gasteiger partial charge in [-0.2, -0.15) is 0 Å². The van der Waals surface area contributed by atoms with Crippen LogP contribution in [0.15, 0.2) is 52.4 Å². The maximum atomic E-state index is 13.2. The maximum absolute atomic E-state index is 13.2. The lowest BCUT2D eigenvalue weighted by atomic mass is 9.72. The molecule has 0 bridgehead atoms. The fourth-order valence-corrected chi connectivity index (χ4v) is 5.75. The first kappa shape index (κ1) is 20.4. The van der Waals surface area contributed by atoms with E-state index < -0.39 is 33.2 Å². The van der Waals surface area contributed by atoms with Crippen LogP contribution in [0.25, 0.3) is 0 Å². The van der Waals surface area contributed by atoms with Gasteiger partial charge in [-0.1, -0.05) is 18.5 Å². The van der Waals surface area contributed by atoms with E-state index in [1.54, 1.807) is 30.3 Å². The highest BCUT2D eigenvalue weighted by molar-refractivity contribution is 7.91. The Bertz CT molecular complexity index is 992. The van der Waals surface area contributed by atoms with E-state index in [2.05, 4.69) is 11.7 Å². The molecule has 6 nitrogen and oxygen atoms in total. The fraction of sp³-hybridized carbons (Fsp3) is 0.350. The summed E-state index contributed by atoms with van der Waals surface area (Å²) in [4.78, 5) is 6.01. The van der Waals surface area contributed by atoms with Crippen molar-refractivity contribution in [2.24, 2.45) is 4.99 Å². The van der Waals surface area contributed by atoms with Gasteiger partial charge in [0.05, 0.1) is 30.1 Å². The Balaban J connectivity index is 2.36. The first-order valence-electron chi connectivity index (χ1n) is 8.84. The van der Waals surface area contributed by atoms with E-state index in [1.807, 2.05) is 19.0 Å². The number of aliphatic hydroxyl groups excluding tert-OH is 1. The third kappa shape index (κ3) is 3.31. The molecule has 1 unspecified atom stereocenters. The largest absolute Gasteiger partial charge is 0.508 e. The molecule has 0 saturated carbocycles. The molecule has 28 heavy (non-hydrogen) atoms. The zero-order chi connectivity index (χ0) is 20.7. The molecule has 0 spiro atoms. The van der Waals surface area contributed by atoms with Crippen LogP contribution in [0.1, 0.15) is 17.0 Å². The van der Waals surface area contributed by atoms with Gasteiger partial charge in [-0.15, -0.1) is 0 Å². The van der Waals surface area contributed by atoms with Crippen LogP contribution < -0.4 is 4.90 Å². The minimum atomic E-state index is -3.78. The van der Waals surface area contributed by atoms with Crippen LogP contribution in [0, 0.1) is 0 Å². The van der Waals surface area contributed by atoms with Gasteiger partial charge in [0.1, 0.15) is 5.75 Å². The Morgan fingerprint density at radius 1 is 1.25 bits per heavy atom. The number of aliphatic hydroxyl groups is 1. The first-order valence-corrected chi connectivity index (χ1v) is 10.5. The average Bonchev–Trinajstić information content (AvgIpc) is 2.74. The second kappa shape index (κ2) is 7.26. The highest BCUT2D eigenvalue weighted by atomic mass is 32.2. The summed E-state index contributed by atoms with van der Waals surface area (Å²) in [6.45, 7) is 3.53. The first-order chi connectivity index (χ1) is 13.1. The van der Waals surface area contributed by atoms with Crippen LogP contribution >= 0.6 is 0 Å². The Morgan fingerprint density at radius 3 is 2.43 bits per heavy atom. The summed E-state index contributed by atoms with van der Waals surface area (Å²) in [6.07, 6.45) is -1.38. The molecule has 8 heteroatoms. The molecule has 0 saturated heterocycles. The molecule has 0 aromatic heterocycles. The topological polar surface area (TPSA) is 90.2 Å². The van der Waals surface area contributed by atoms with Crippen molar-refractivity contribution >= 4 is 30.1 Å². The zero-order valence-electron chi connectivity index (χ0n) is 15.9. The van der Waals surface area contributed by atoms with E-state index in [0.717, 1.165) is 5.69 Å². The van der Waals surface area contributed by atoms with Crippen molar-refractivity contribution in [1.82, 2.24) is 0 Å². The van der Waals surface area contributed by atoms with Crippen LogP contribution in [0.2, 0.25) is 6.32 Å². The molecule has 3 rings (SSSR count). The number of anilines is 1. The van der Waals surface area contributed by atoms with E-state index in [4.69, 9.17) is 7.85 Å². The molecule has 3 atom stereocenters. The minimum absolute atomic E-state index is 0.0775. The van der Waals surface area contributed by atoms with Crippen molar-refractivity contribution in [3.05, 3.63) is 53.6 Å². The zero-order valence-corrected chi connectivity index (χ0v) is 16.7. The van der Waals surface area contributed by atoms with Gasteiger partial charge in [0.15, 0.2) is 9.84 Å². The van der Waals surface area contributed by atoms with Crippen molar-refractivity contribution in [2.45, 2.75) is 28.8 Å². The van der Waals surface area contributed by atoms with Crippen molar-refractivity contribution in [3.63, 3.8) is 0 Å². The molecule has 0 aliphatic carbocycles. The predicted molar refractivity (Wildman–Crippen MR) is 112 cm³/mol. The molecular weight excluding hydrogens is 375 g/mol. The van der Waals surface area contributed by atoms with Crippen LogP contribution in [0.5, 0.6) is 5.75 Å². The summed E-state index contributed by atoms with van der Waals surface area (Å²) >= 11 is 0. The number of phenolic OH excluding ortho intramolecular Hbond substituents is 1. The number of hydrogen-bond acceptors (Lipinski definition) is 6. The molecule has 0 amide bonds. The highest BCUT2D eigenvalue weighted by Crippen LogP contribution is 2.44. The van der Waals surface area contributed by atoms with Gasteiger partial charge in [-0.25, -0.2) is 8.42 Å². The Labute approximate surface area is 166 Å². The molecule has 0 fully saturated rings. The lowest BCUT2D eigenvalue weighted by Gasteiger charge is -2.36. The number of sulfone groups is 1. The highest BCUT2D eigenvalue weighted by Gasteiger charge is 2.48. The number of aromatic hydroxyl groups is 1. The Kier molecular flexibility index (Phi) is 5.29. The third-order valence-electron chi connectivity index (χ3n) is 5.41. The monoisotopic (exact) mass is 398 g/mol. The fourth-order valence-electron chi connectivity index (χ4n) is 3.74. The molecular formula is C20H23BN2O4S. The van der Waals surface area contributed by atoms with Gasteiger partial charge in [0.2, 0.25) is 0 Å². The van der Waals surface area contributed by atoms with Crippen molar-refractivity contribution in [3.8, 4) is 5.75 Å². The number of fused-ring (bicyclic) bond motifs is 1. The van der Waals surface area contributed by atoms with E-state index >= 15 is 0 Å². The van der Waals surface area contributed by atoms with Crippen LogP contribution in [0.4, 0.5) is 5.69 Å². The SMILES string of the molecule is [B]CC1(N=C)CS(=O)(=O)c2ccc(N(C)C)cc2[C@@H](c2ccc(O)cc2)[C@H]1O. The van der Waals surface area contributed by atoms with E-state index in [1.165, 1.54) is 12.1 Å². The number of aliphatic imine (C=N–C) groups is 1. The molecule has 2 radical (unpaired) electrons. The second-order valence-corrected chi connectivity index (χ2v) is 9.31. The number of nitrogens with zero attached hydrogens (tertiary/aromatic N) is 2. The predicted octanol–water partition coefficient (Wildman–Crippen LogP) is 1.76. The van der Waals surface area contributed by atoms with Crippen LogP contribution in [-0.4, -0.2) is 64.7 Å². The number of benzene rings is 2. The summed E-state index contributed by atoms with van der Waals surface area (Å²) in [6, 6.07) is 11.4. The maximum Gasteiger partial charge on any atom is 0.181 e. The molecule has 1 aliphatic heterocycles. The van der Waals surface area contributed by atoms with E-state index in [0.29, 0.717) is 11.1 Å². The van der Waals surface area contributed by atoms with Gasteiger partial charge >= 0.3 is 0 Å². The van der Waals surface area contributed by atoms with Crippen molar-refractivity contribution in [1.29, 1.82) is 0 Å². The summed E-state index contributed by atoms with van der Waals surface area (Å²) in [5.41, 5.74) is 0.486. The van der Waals surface area contributed by atoms with Gasteiger partial charge in [-0.05, 0) is 48.2 Å². The quantitative estimate of drug-likeness (QED) is 0.605. The number of rotatable bonds is 4. The van der Waals surface area contributed by atoms with Gasteiger partial charge in [-0.3, -0.25) is 4.99 Å². The molecule has 1 heterocycles. The van der Waals surface area contributed by atoms with Crippen LogP contribution in [-0.2, 0) is 9.84 Å². The Morgan fingerprint density at radius 2 is 1.89 bits per heavy atom. The summed E-state index contributed by atoms with van der Waals surface area (Å²) in [5.74, 6) is -1.06. The summed E-state index contributed by atoms with van der Waals surface area (Å²) in [7, 11) is 5.84. The smallest absolute Gasteiger partial charge is 0.181 e. The lowest BCUT2D eigenvalue weighted by Crippen LogP contribution is -2.47. The second-order valence-electron chi connectivity index (χ2n) is 7.36. The number of hydrogen-bond donors (Lipinski definition) is 2. The lowest BCUT2D eigenvalue weighted by molar-refractivity contribution is 0.0926. The van der Waals surface area contributed by atoms with Crippen molar-refractivity contribution in [2.75, 3.05) is 24.7 Å². The summed E-state index contributed by atoms with van der Waals surface area (Å²) < 4.78 is 26.4. The van der Waals surface area contributed by atoms with Gasteiger partial charge in [0.25, 0.3) is 0 Å². The minimum Gasteiger partial charge on any atom is -0.508 e. The molecule has 146 valence electrons. The van der Waals surface area contributed by atoms with Crippen LogP contribution in [0.3, 0.4) is 0 Å². The molecule has 1 aliphatic rings. The van der Waals surface area contributed by atoms with E-state index in [9.17, 15) is 18.6 Å². The Hall–Kier alpha value is -2.32. The molecule has 2 aromatic rings. The molecule has 2 N–H and O–H groups in total. The molecule has 2 aromatic carbocycles. The average molecular weight is 398 g/mol. The van der Waals surface area contributed by atoms with Gasteiger partial charge < -0.3 is 15.1 Å². The van der Waals surface area contributed by atoms with E-state index in [-0.39, 0.29) is 17.0 Å². The number of phenols is 1. The third-order valence-corrected chi connectivity index (χ3v) is 7.33. The standard InChI is InChI=1S/C20H23BN2O4S/c1-22-20(11-21)12-28(26,27)17-9-6-14(23(2)3)10-16(17)18(19(20)25)13-4-7-15(24)8-5-13/h4-10,18-19,24-25H,1,11-12H2,2-3H3/t18-,19-,20?/m1/s1. The summed E-state index contributed by atoms with van der Waals surface area (Å²) in [5, 5.41) is 21.0. The van der Waals surface area contributed by atoms with Crippen molar-refractivity contribution < 1.29 is 18.6 Å². The van der Waals surface area contributed by atoms with Gasteiger partial charge in [0, 0.05) is 25.7 Å². The normalized spacial score (nSPS) is 26.1.